The molecule has 0 aliphatic rings. The van der Waals surface area contributed by atoms with Crippen molar-refractivity contribution in [2.24, 2.45) is 0 Å². The highest BCUT2D eigenvalue weighted by Gasteiger charge is 2.09. The molecule has 0 aliphatic carbocycles. The minimum Gasteiger partial charge on any atom is -0.459 e. The van der Waals surface area contributed by atoms with Gasteiger partial charge in [0.25, 0.3) is 0 Å². The molecule has 0 amide bonds. The molecular formula is C21H18N2O2S2. The first-order chi connectivity index (χ1) is 13.3. The summed E-state index contributed by atoms with van der Waals surface area (Å²) in [6.45, 7) is 0.226. The molecule has 0 unspecified atom stereocenters. The van der Waals surface area contributed by atoms with Crippen molar-refractivity contribution in [3.05, 3.63) is 70.7 Å². The summed E-state index contributed by atoms with van der Waals surface area (Å²) in [5.41, 5.74) is 2.90. The highest BCUT2D eigenvalue weighted by Crippen LogP contribution is 2.24. The van der Waals surface area contributed by atoms with Gasteiger partial charge in [0.2, 0.25) is 0 Å². The third kappa shape index (κ3) is 4.59. The SMILES string of the molecule is O=C(CCCc1nc2ccccc2s1)OCc1csc(-c2ccccc2)n1. The van der Waals surface area contributed by atoms with E-state index in [0.717, 1.165) is 39.6 Å². The van der Waals surface area contributed by atoms with E-state index in [1.54, 1.807) is 22.7 Å². The van der Waals surface area contributed by atoms with Crippen molar-refractivity contribution in [1.82, 2.24) is 9.97 Å². The molecule has 0 aliphatic heterocycles. The number of thiazole rings is 2. The zero-order chi connectivity index (χ0) is 18.5. The first-order valence-corrected chi connectivity index (χ1v) is 10.5. The Morgan fingerprint density at radius 2 is 1.81 bits per heavy atom. The van der Waals surface area contributed by atoms with Crippen molar-refractivity contribution in [3.8, 4) is 10.6 Å². The zero-order valence-corrected chi connectivity index (χ0v) is 16.3. The van der Waals surface area contributed by atoms with Crippen molar-refractivity contribution in [3.63, 3.8) is 0 Å². The molecule has 2 aromatic carbocycles. The fourth-order valence-electron chi connectivity index (χ4n) is 2.72. The van der Waals surface area contributed by atoms with Crippen LogP contribution in [0.1, 0.15) is 23.5 Å². The van der Waals surface area contributed by atoms with Gasteiger partial charge in [-0.15, -0.1) is 22.7 Å². The number of aromatic nitrogens is 2. The highest BCUT2D eigenvalue weighted by molar-refractivity contribution is 7.18. The summed E-state index contributed by atoms with van der Waals surface area (Å²) in [6.07, 6.45) is 1.93. The lowest BCUT2D eigenvalue weighted by Crippen LogP contribution is -2.05. The van der Waals surface area contributed by atoms with Crippen LogP contribution in [0.15, 0.2) is 60.0 Å². The van der Waals surface area contributed by atoms with Gasteiger partial charge in [-0.05, 0) is 25.0 Å². The molecule has 4 rings (SSSR count). The summed E-state index contributed by atoms with van der Waals surface area (Å²) < 4.78 is 6.55. The fraction of sp³-hybridized carbons (Fsp3) is 0.190. The normalized spacial score (nSPS) is 11.0. The maximum Gasteiger partial charge on any atom is 0.306 e. The van der Waals surface area contributed by atoms with E-state index in [1.165, 1.54) is 4.70 Å². The number of rotatable bonds is 7. The largest absolute Gasteiger partial charge is 0.459 e. The molecule has 6 heteroatoms. The summed E-state index contributed by atoms with van der Waals surface area (Å²) in [5.74, 6) is -0.189. The topological polar surface area (TPSA) is 52.1 Å². The molecule has 0 saturated carbocycles. The highest BCUT2D eigenvalue weighted by atomic mass is 32.1. The third-order valence-corrected chi connectivity index (χ3v) is 6.10. The second-order valence-corrected chi connectivity index (χ2v) is 8.07. The van der Waals surface area contributed by atoms with E-state index in [1.807, 2.05) is 53.9 Å². The van der Waals surface area contributed by atoms with E-state index in [0.29, 0.717) is 6.42 Å². The summed E-state index contributed by atoms with van der Waals surface area (Å²) in [7, 11) is 0. The van der Waals surface area contributed by atoms with Crippen LogP contribution in [-0.4, -0.2) is 15.9 Å². The number of esters is 1. The number of carbonyl (C=O) groups excluding carboxylic acids is 1. The van der Waals surface area contributed by atoms with E-state index in [-0.39, 0.29) is 12.6 Å². The van der Waals surface area contributed by atoms with Gasteiger partial charge in [0.15, 0.2) is 0 Å². The number of hydrogen-bond donors (Lipinski definition) is 0. The lowest BCUT2D eigenvalue weighted by atomic mass is 10.2. The Morgan fingerprint density at radius 3 is 2.67 bits per heavy atom. The number of nitrogens with zero attached hydrogens (tertiary/aromatic N) is 2. The quantitative estimate of drug-likeness (QED) is 0.389. The molecule has 2 aromatic heterocycles. The smallest absolute Gasteiger partial charge is 0.306 e. The molecule has 136 valence electrons. The van der Waals surface area contributed by atoms with Crippen LogP contribution in [0.25, 0.3) is 20.8 Å². The van der Waals surface area contributed by atoms with Gasteiger partial charge in [0.1, 0.15) is 11.6 Å². The first kappa shape index (κ1) is 17.8. The number of aryl methyl sites for hydroxylation is 1. The second kappa shape index (κ2) is 8.41. The average Bonchev–Trinajstić information content (AvgIpc) is 3.34. The summed E-state index contributed by atoms with van der Waals surface area (Å²) in [4.78, 5) is 21.1. The Morgan fingerprint density at radius 1 is 1.00 bits per heavy atom. The van der Waals surface area contributed by atoms with Crippen LogP contribution >= 0.6 is 22.7 Å². The Hall–Kier alpha value is -2.57. The zero-order valence-electron chi connectivity index (χ0n) is 14.6. The maximum atomic E-state index is 12.0. The number of ether oxygens (including phenoxy) is 1. The molecule has 0 radical (unpaired) electrons. The van der Waals surface area contributed by atoms with Crippen molar-refractivity contribution >= 4 is 38.9 Å². The standard InChI is InChI=1S/C21H18N2O2S2/c24-20(12-6-11-19-23-17-9-4-5-10-18(17)27-19)25-13-16-14-26-21(22-16)15-7-2-1-3-8-15/h1-5,7-10,14H,6,11-13H2. The molecule has 0 spiro atoms. The molecule has 0 fully saturated rings. The minimum atomic E-state index is -0.189. The van der Waals surface area contributed by atoms with Crippen LogP contribution < -0.4 is 0 Å². The summed E-state index contributed by atoms with van der Waals surface area (Å²) in [6, 6.07) is 18.1. The van der Waals surface area contributed by atoms with Gasteiger partial charge in [-0.3, -0.25) is 4.79 Å². The Kier molecular flexibility index (Phi) is 5.55. The van der Waals surface area contributed by atoms with Gasteiger partial charge in [-0.2, -0.15) is 0 Å². The van der Waals surface area contributed by atoms with Gasteiger partial charge < -0.3 is 4.74 Å². The molecule has 0 saturated heterocycles. The molecule has 0 bridgehead atoms. The summed E-state index contributed by atoms with van der Waals surface area (Å²) in [5, 5.41) is 3.95. The van der Waals surface area contributed by atoms with Gasteiger partial charge in [0, 0.05) is 17.4 Å². The molecular weight excluding hydrogens is 376 g/mol. The minimum absolute atomic E-state index is 0.189. The first-order valence-electron chi connectivity index (χ1n) is 8.78. The lowest BCUT2D eigenvalue weighted by molar-refractivity contribution is -0.145. The van der Waals surface area contributed by atoms with Gasteiger partial charge in [-0.1, -0.05) is 42.5 Å². The van der Waals surface area contributed by atoms with Crippen molar-refractivity contribution in [2.45, 2.75) is 25.9 Å². The molecule has 0 N–H and O–H groups in total. The van der Waals surface area contributed by atoms with Gasteiger partial charge in [-0.25, -0.2) is 9.97 Å². The van der Waals surface area contributed by atoms with Crippen molar-refractivity contribution < 1.29 is 9.53 Å². The summed E-state index contributed by atoms with van der Waals surface area (Å²) >= 11 is 3.25. The van der Waals surface area contributed by atoms with Crippen molar-refractivity contribution in [1.29, 1.82) is 0 Å². The van der Waals surface area contributed by atoms with Crippen molar-refractivity contribution in [2.75, 3.05) is 0 Å². The third-order valence-electron chi connectivity index (χ3n) is 4.06. The molecule has 2 heterocycles. The molecule has 27 heavy (non-hydrogen) atoms. The Balaban J connectivity index is 1.23. The van der Waals surface area contributed by atoms with E-state index >= 15 is 0 Å². The fourth-order valence-corrected chi connectivity index (χ4v) is 4.54. The molecule has 4 aromatic rings. The van der Waals surface area contributed by atoms with Crippen LogP contribution in [0.4, 0.5) is 0 Å². The predicted molar refractivity (Wildman–Crippen MR) is 110 cm³/mol. The second-order valence-electron chi connectivity index (χ2n) is 6.10. The van der Waals surface area contributed by atoms with Crippen LogP contribution in [0.2, 0.25) is 0 Å². The number of fused-ring (bicyclic) bond motifs is 1. The Bertz CT molecular complexity index is 1010. The monoisotopic (exact) mass is 394 g/mol. The average molecular weight is 395 g/mol. The van der Waals surface area contributed by atoms with Gasteiger partial charge in [0.05, 0.1) is 20.9 Å². The van der Waals surface area contributed by atoms with Crippen LogP contribution in [0.3, 0.4) is 0 Å². The number of carbonyl (C=O) groups is 1. The number of hydrogen-bond acceptors (Lipinski definition) is 6. The van der Waals surface area contributed by atoms with E-state index < -0.39 is 0 Å². The van der Waals surface area contributed by atoms with Gasteiger partial charge >= 0.3 is 5.97 Å². The van der Waals surface area contributed by atoms with E-state index in [9.17, 15) is 4.79 Å². The maximum absolute atomic E-state index is 12.0. The van der Waals surface area contributed by atoms with Crippen LogP contribution in [-0.2, 0) is 22.6 Å². The number of benzene rings is 2. The predicted octanol–water partition coefficient (Wildman–Crippen LogP) is 5.49. The van der Waals surface area contributed by atoms with E-state index in [4.69, 9.17) is 4.74 Å². The molecule has 4 nitrogen and oxygen atoms in total. The Labute approximate surface area is 165 Å². The number of para-hydroxylation sites is 1. The van der Waals surface area contributed by atoms with Crippen LogP contribution in [0, 0.1) is 0 Å². The van der Waals surface area contributed by atoms with Crippen LogP contribution in [0.5, 0.6) is 0 Å². The molecule has 0 atom stereocenters. The lowest BCUT2D eigenvalue weighted by Gasteiger charge is -2.02. The van der Waals surface area contributed by atoms with E-state index in [2.05, 4.69) is 16.0 Å².